The van der Waals surface area contributed by atoms with Gasteiger partial charge in [-0.05, 0) is 40.2 Å². The molecule has 10 heteroatoms. The van der Waals surface area contributed by atoms with Gasteiger partial charge in [-0.2, -0.15) is 5.10 Å². The Morgan fingerprint density at radius 3 is 2.75 bits per heavy atom. The second kappa shape index (κ2) is 6.83. The zero-order valence-corrected chi connectivity index (χ0v) is 15.9. The van der Waals surface area contributed by atoms with Crippen molar-refractivity contribution in [2.75, 3.05) is 4.72 Å². The second-order valence-electron chi connectivity index (χ2n) is 4.76. The van der Waals surface area contributed by atoms with E-state index >= 15 is 0 Å². The molecule has 0 aliphatic carbocycles. The summed E-state index contributed by atoms with van der Waals surface area (Å²) in [7, 11) is -3.71. The molecule has 24 heavy (non-hydrogen) atoms. The van der Waals surface area contributed by atoms with Crippen LogP contribution in [0.3, 0.4) is 0 Å². The predicted molar refractivity (Wildman–Crippen MR) is 95.6 cm³/mol. The lowest BCUT2D eigenvalue weighted by Gasteiger charge is -2.06. The van der Waals surface area contributed by atoms with Crippen LogP contribution in [0.4, 0.5) is 10.2 Å². The monoisotopic (exact) mass is 449 g/mol. The van der Waals surface area contributed by atoms with E-state index in [0.717, 1.165) is 11.3 Å². The minimum atomic E-state index is -3.71. The van der Waals surface area contributed by atoms with E-state index in [1.165, 1.54) is 28.9 Å². The summed E-state index contributed by atoms with van der Waals surface area (Å²) < 4.78 is 42.9. The summed E-state index contributed by atoms with van der Waals surface area (Å²) in [4.78, 5) is 0. The maximum absolute atomic E-state index is 13.8. The number of thiophene rings is 1. The van der Waals surface area contributed by atoms with Crippen LogP contribution in [0.15, 0.2) is 50.6 Å². The van der Waals surface area contributed by atoms with Gasteiger partial charge in [-0.3, -0.25) is 9.40 Å². The number of benzene rings is 1. The molecular formula is C14H10BrClFN3O2S2. The smallest absolute Gasteiger partial charge is 0.266 e. The first kappa shape index (κ1) is 17.4. The van der Waals surface area contributed by atoms with Crippen molar-refractivity contribution >= 4 is 54.7 Å². The van der Waals surface area contributed by atoms with E-state index in [1.807, 2.05) is 0 Å². The zero-order valence-electron chi connectivity index (χ0n) is 11.9. The normalized spacial score (nSPS) is 11.6. The van der Waals surface area contributed by atoms with Crippen molar-refractivity contribution in [2.24, 2.45) is 0 Å². The molecule has 5 nitrogen and oxygen atoms in total. The second-order valence-corrected chi connectivity index (χ2v) is 9.54. The molecule has 0 unspecified atom stereocenters. The Kier molecular flexibility index (Phi) is 4.95. The summed E-state index contributed by atoms with van der Waals surface area (Å²) in [6.45, 7) is 0.0950. The Bertz CT molecular complexity index is 967. The Morgan fingerprint density at radius 1 is 1.29 bits per heavy atom. The summed E-state index contributed by atoms with van der Waals surface area (Å²) in [6.07, 6.45) is 1.55. The molecule has 0 aliphatic heterocycles. The van der Waals surface area contributed by atoms with Gasteiger partial charge in [0.15, 0.2) is 5.82 Å². The average molecular weight is 451 g/mol. The van der Waals surface area contributed by atoms with Crippen LogP contribution in [0.25, 0.3) is 0 Å². The SMILES string of the molecule is O=S(=O)(Nc1ccn(Cc2c(F)cccc2Cl)n1)c1ccc(Br)s1. The molecule has 0 aliphatic rings. The molecule has 0 bridgehead atoms. The number of nitrogens with zero attached hydrogens (tertiary/aromatic N) is 2. The minimum Gasteiger partial charge on any atom is -0.266 e. The highest BCUT2D eigenvalue weighted by molar-refractivity contribution is 9.11. The van der Waals surface area contributed by atoms with Gasteiger partial charge in [0.2, 0.25) is 0 Å². The third-order valence-corrected chi connectivity index (χ3v) is 6.90. The highest BCUT2D eigenvalue weighted by Gasteiger charge is 2.18. The Labute approximate surface area is 155 Å². The fourth-order valence-electron chi connectivity index (χ4n) is 1.98. The van der Waals surface area contributed by atoms with Crippen LogP contribution < -0.4 is 4.72 Å². The summed E-state index contributed by atoms with van der Waals surface area (Å²) in [5, 5.41) is 4.39. The van der Waals surface area contributed by atoms with Crippen molar-refractivity contribution in [3.8, 4) is 0 Å². The van der Waals surface area contributed by atoms with Gasteiger partial charge in [-0.1, -0.05) is 17.7 Å². The topological polar surface area (TPSA) is 64.0 Å². The average Bonchev–Trinajstić information content (AvgIpc) is 3.12. The number of aromatic nitrogens is 2. The van der Waals surface area contributed by atoms with Crippen LogP contribution in [0, 0.1) is 5.82 Å². The lowest BCUT2D eigenvalue weighted by molar-refractivity contribution is 0.585. The fourth-order valence-corrected chi connectivity index (χ4v) is 5.21. The van der Waals surface area contributed by atoms with Crippen molar-refractivity contribution < 1.29 is 12.8 Å². The Hall–Kier alpha value is -1.42. The van der Waals surface area contributed by atoms with E-state index < -0.39 is 15.8 Å². The first-order valence-electron chi connectivity index (χ1n) is 6.60. The van der Waals surface area contributed by atoms with Crippen molar-refractivity contribution in [3.05, 3.63) is 62.8 Å². The minimum absolute atomic E-state index is 0.0950. The van der Waals surface area contributed by atoms with Gasteiger partial charge in [0.1, 0.15) is 10.0 Å². The van der Waals surface area contributed by atoms with Crippen molar-refractivity contribution in [2.45, 2.75) is 10.8 Å². The van der Waals surface area contributed by atoms with E-state index in [2.05, 4.69) is 25.8 Å². The Morgan fingerprint density at radius 2 is 2.08 bits per heavy atom. The zero-order chi connectivity index (χ0) is 17.3. The molecule has 0 radical (unpaired) electrons. The third kappa shape index (κ3) is 3.80. The van der Waals surface area contributed by atoms with Gasteiger partial charge in [-0.25, -0.2) is 12.8 Å². The van der Waals surface area contributed by atoms with Crippen LogP contribution in [0.1, 0.15) is 5.56 Å². The molecule has 3 rings (SSSR count). The molecule has 0 saturated carbocycles. The van der Waals surface area contributed by atoms with E-state index in [0.29, 0.717) is 9.35 Å². The molecule has 3 aromatic rings. The number of nitrogens with one attached hydrogen (secondary N) is 1. The number of hydrogen-bond donors (Lipinski definition) is 1. The maximum Gasteiger partial charge on any atom is 0.272 e. The van der Waals surface area contributed by atoms with Crippen molar-refractivity contribution in [1.29, 1.82) is 0 Å². The highest BCUT2D eigenvalue weighted by atomic mass is 79.9. The molecule has 0 fully saturated rings. The summed E-state index contributed by atoms with van der Waals surface area (Å²) >= 11 is 10.3. The van der Waals surface area contributed by atoms with Crippen LogP contribution >= 0.6 is 38.9 Å². The molecule has 2 aromatic heterocycles. The predicted octanol–water partition coefficient (Wildman–Crippen LogP) is 4.35. The van der Waals surface area contributed by atoms with Gasteiger partial charge in [-0.15, -0.1) is 11.3 Å². The summed E-state index contributed by atoms with van der Waals surface area (Å²) in [5.74, 6) is -0.296. The lowest BCUT2D eigenvalue weighted by atomic mass is 10.2. The molecule has 0 atom stereocenters. The molecule has 0 saturated heterocycles. The van der Waals surface area contributed by atoms with Gasteiger partial charge < -0.3 is 0 Å². The van der Waals surface area contributed by atoms with Gasteiger partial charge in [0.25, 0.3) is 10.0 Å². The quantitative estimate of drug-likeness (QED) is 0.628. The largest absolute Gasteiger partial charge is 0.272 e. The Balaban J connectivity index is 1.79. The first-order valence-corrected chi connectivity index (χ1v) is 10.1. The third-order valence-electron chi connectivity index (χ3n) is 3.07. The highest BCUT2D eigenvalue weighted by Crippen LogP contribution is 2.27. The number of rotatable bonds is 5. The van der Waals surface area contributed by atoms with Crippen LogP contribution in [0.5, 0.6) is 0 Å². The van der Waals surface area contributed by atoms with E-state index in [9.17, 15) is 12.8 Å². The molecule has 2 heterocycles. The van der Waals surface area contributed by atoms with Crippen molar-refractivity contribution in [3.63, 3.8) is 0 Å². The van der Waals surface area contributed by atoms with E-state index in [4.69, 9.17) is 11.6 Å². The molecule has 0 spiro atoms. The summed E-state index contributed by atoms with van der Waals surface area (Å²) in [5.41, 5.74) is 0.291. The molecule has 126 valence electrons. The maximum atomic E-state index is 13.8. The fraction of sp³-hybridized carbons (Fsp3) is 0.0714. The molecule has 1 N–H and O–H groups in total. The molecule has 0 amide bonds. The lowest BCUT2D eigenvalue weighted by Crippen LogP contribution is -2.12. The van der Waals surface area contributed by atoms with Crippen LogP contribution in [-0.4, -0.2) is 18.2 Å². The van der Waals surface area contributed by atoms with E-state index in [-0.39, 0.29) is 21.6 Å². The van der Waals surface area contributed by atoms with E-state index in [1.54, 1.807) is 18.3 Å². The number of hydrogen-bond acceptors (Lipinski definition) is 4. The van der Waals surface area contributed by atoms with Crippen LogP contribution in [-0.2, 0) is 16.6 Å². The summed E-state index contributed by atoms with van der Waals surface area (Å²) in [6, 6.07) is 9.05. The number of sulfonamides is 1. The number of halogens is 3. The molecule has 1 aromatic carbocycles. The first-order chi connectivity index (χ1) is 11.3. The van der Waals surface area contributed by atoms with Gasteiger partial charge in [0.05, 0.1) is 10.3 Å². The van der Waals surface area contributed by atoms with Crippen molar-refractivity contribution in [1.82, 2.24) is 9.78 Å². The standard InChI is InChI=1S/C14H10BrClFN3O2S2/c15-12-4-5-14(23-12)24(21,22)19-13-6-7-20(18-13)8-9-10(16)2-1-3-11(9)17/h1-7H,8H2,(H,18,19). The van der Waals surface area contributed by atoms with Gasteiger partial charge in [0, 0.05) is 22.8 Å². The van der Waals surface area contributed by atoms with Crippen LogP contribution in [0.2, 0.25) is 5.02 Å². The number of anilines is 1. The van der Waals surface area contributed by atoms with Gasteiger partial charge >= 0.3 is 0 Å². The molecular weight excluding hydrogens is 441 g/mol.